The second-order valence-corrected chi connectivity index (χ2v) is 2.74. The second kappa shape index (κ2) is 5.08. The normalized spacial score (nSPS) is 9.60. The summed E-state index contributed by atoms with van der Waals surface area (Å²) in [7, 11) is 0. The van der Waals surface area contributed by atoms with Crippen molar-refractivity contribution in [2.45, 2.75) is 6.61 Å². The maximum Gasteiger partial charge on any atom is 0.304 e. The van der Waals surface area contributed by atoms with Gasteiger partial charge in [-0.3, -0.25) is 10.1 Å². The number of nitrogens with zero attached hydrogens (tertiary/aromatic N) is 1. The third kappa shape index (κ3) is 3.04. The van der Waals surface area contributed by atoms with Crippen LogP contribution in [0.25, 0.3) is 0 Å². The van der Waals surface area contributed by atoms with Crippen LogP contribution in [0.3, 0.4) is 0 Å². The molecule has 0 unspecified atom stereocenters. The van der Waals surface area contributed by atoms with E-state index in [1.54, 1.807) is 0 Å². The fourth-order valence-corrected chi connectivity index (χ4v) is 1.02. The first-order valence-corrected chi connectivity index (χ1v) is 4.09. The van der Waals surface area contributed by atoms with Crippen molar-refractivity contribution in [3.63, 3.8) is 0 Å². The number of benzene rings is 1. The summed E-state index contributed by atoms with van der Waals surface area (Å²) in [5.74, 6) is 1.38. The Morgan fingerprint density at radius 1 is 1.60 bits per heavy atom. The Kier molecular flexibility index (Phi) is 3.77. The number of terminal acetylenes is 1. The highest BCUT2D eigenvalue weighted by Gasteiger charge is 2.13. The van der Waals surface area contributed by atoms with Gasteiger partial charge in [0, 0.05) is 6.07 Å². The number of hydrogen-bond acceptors (Lipinski definition) is 3. The lowest BCUT2D eigenvalue weighted by Crippen LogP contribution is -1.97. The molecule has 0 saturated heterocycles. The Morgan fingerprint density at radius 2 is 2.33 bits per heavy atom. The molecule has 0 bridgehead atoms. The van der Waals surface area contributed by atoms with Gasteiger partial charge >= 0.3 is 5.69 Å². The Balaban J connectivity index is 2.74. The van der Waals surface area contributed by atoms with Crippen molar-refractivity contribution in [1.29, 1.82) is 0 Å². The molecule has 0 saturated carbocycles. The van der Waals surface area contributed by atoms with Crippen LogP contribution in [0.2, 0.25) is 0 Å². The highest BCUT2D eigenvalue weighted by molar-refractivity contribution is 5.34. The molecular weight excluding hydrogens is 201 g/mol. The van der Waals surface area contributed by atoms with Gasteiger partial charge in [0.15, 0.2) is 0 Å². The molecule has 0 aliphatic carbocycles. The molecule has 0 spiro atoms. The highest BCUT2D eigenvalue weighted by atomic mass is 19.1. The van der Waals surface area contributed by atoms with E-state index in [9.17, 15) is 14.5 Å². The molecule has 0 heterocycles. The molecule has 1 aromatic carbocycles. The third-order valence-corrected chi connectivity index (χ3v) is 1.66. The number of hydrogen-bond donors (Lipinski definition) is 0. The molecule has 0 aliphatic rings. The molecule has 0 amide bonds. The van der Waals surface area contributed by atoms with Gasteiger partial charge in [-0.15, -0.1) is 6.42 Å². The molecular formula is C10H8FNO3. The van der Waals surface area contributed by atoms with Crippen molar-refractivity contribution in [3.05, 3.63) is 39.7 Å². The van der Waals surface area contributed by atoms with E-state index < -0.39 is 16.4 Å². The van der Waals surface area contributed by atoms with Crippen molar-refractivity contribution in [3.8, 4) is 12.3 Å². The van der Waals surface area contributed by atoms with Gasteiger partial charge in [-0.25, -0.2) is 0 Å². The van der Waals surface area contributed by atoms with Crippen molar-refractivity contribution in [2.75, 3.05) is 6.61 Å². The fourth-order valence-electron chi connectivity index (χ4n) is 1.02. The Morgan fingerprint density at radius 3 is 2.87 bits per heavy atom. The van der Waals surface area contributed by atoms with Crippen molar-refractivity contribution in [2.24, 2.45) is 0 Å². The Labute approximate surface area is 85.8 Å². The third-order valence-electron chi connectivity index (χ3n) is 1.66. The standard InChI is InChI=1S/C10H8FNO3/c1-2-5-15-7-8-3-4-10(12(13)14)9(11)6-8/h1,3-4,6H,5,7H2. The number of rotatable bonds is 4. The van der Waals surface area contributed by atoms with Gasteiger partial charge in [-0.05, 0) is 17.7 Å². The van der Waals surface area contributed by atoms with E-state index in [1.807, 2.05) is 0 Å². The number of nitro benzene ring substituents is 1. The first kappa shape index (κ1) is 11.1. The van der Waals surface area contributed by atoms with E-state index in [4.69, 9.17) is 11.2 Å². The van der Waals surface area contributed by atoms with E-state index >= 15 is 0 Å². The summed E-state index contributed by atoms with van der Waals surface area (Å²) >= 11 is 0. The predicted molar refractivity (Wildman–Crippen MR) is 51.5 cm³/mol. The number of halogens is 1. The second-order valence-electron chi connectivity index (χ2n) is 2.74. The van der Waals surface area contributed by atoms with Crippen LogP contribution in [0.15, 0.2) is 18.2 Å². The molecule has 1 rings (SSSR count). The van der Waals surface area contributed by atoms with Gasteiger partial charge in [0.05, 0.1) is 11.5 Å². The van der Waals surface area contributed by atoms with Crippen LogP contribution < -0.4 is 0 Å². The van der Waals surface area contributed by atoms with Crippen LogP contribution in [0, 0.1) is 28.3 Å². The summed E-state index contributed by atoms with van der Waals surface area (Å²) in [5, 5.41) is 10.3. The van der Waals surface area contributed by atoms with Gasteiger partial charge in [0.25, 0.3) is 0 Å². The van der Waals surface area contributed by atoms with E-state index in [1.165, 1.54) is 6.07 Å². The minimum Gasteiger partial charge on any atom is -0.364 e. The largest absolute Gasteiger partial charge is 0.364 e. The van der Waals surface area contributed by atoms with E-state index in [2.05, 4.69) is 5.92 Å². The van der Waals surface area contributed by atoms with Crippen LogP contribution >= 0.6 is 0 Å². The van der Waals surface area contributed by atoms with Crippen molar-refractivity contribution in [1.82, 2.24) is 0 Å². The monoisotopic (exact) mass is 209 g/mol. The van der Waals surface area contributed by atoms with Crippen LogP contribution in [0.4, 0.5) is 10.1 Å². The topological polar surface area (TPSA) is 52.4 Å². The van der Waals surface area contributed by atoms with Crippen molar-refractivity contribution < 1.29 is 14.1 Å². The lowest BCUT2D eigenvalue weighted by atomic mass is 10.2. The molecule has 4 nitrogen and oxygen atoms in total. The summed E-state index contributed by atoms with van der Waals surface area (Å²) in [6, 6.07) is 3.59. The molecule has 5 heteroatoms. The van der Waals surface area contributed by atoms with Gasteiger partial charge in [-0.1, -0.05) is 5.92 Å². The van der Waals surface area contributed by atoms with Crippen LogP contribution in [0.5, 0.6) is 0 Å². The molecule has 0 N–H and O–H groups in total. The lowest BCUT2D eigenvalue weighted by Gasteiger charge is -2.01. The maximum atomic E-state index is 13.1. The summed E-state index contributed by atoms with van der Waals surface area (Å²) in [6.45, 7) is 0.262. The zero-order valence-electron chi connectivity index (χ0n) is 7.77. The summed E-state index contributed by atoms with van der Waals surface area (Å²) in [5.41, 5.74) is -0.0379. The summed E-state index contributed by atoms with van der Waals surface area (Å²) in [4.78, 5) is 9.52. The summed E-state index contributed by atoms with van der Waals surface area (Å²) in [6.07, 6.45) is 4.95. The van der Waals surface area contributed by atoms with Crippen molar-refractivity contribution >= 4 is 5.69 Å². The smallest absolute Gasteiger partial charge is 0.304 e. The van der Waals surface area contributed by atoms with Gasteiger partial charge < -0.3 is 4.74 Å². The minimum absolute atomic E-state index is 0.124. The molecule has 78 valence electrons. The average molecular weight is 209 g/mol. The molecule has 0 aliphatic heterocycles. The zero-order valence-corrected chi connectivity index (χ0v) is 7.77. The fraction of sp³-hybridized carbons (Fsp3) is 0.200. The van der Waals surface area contributed by atoms with E-state index in [0.717, 1.165) is 12.1 Å². The summed E-state index contributed by atoms with van der Waals surface area (Å²) < 4.78 is 18.0. The average Bonchev–Trinajstić information content (AvgIpc) is 2.17. The maximum absolute atomic E-state index is 13.1. The molecule has 0 radical (unpaired) electrons. The van der Waals surface area contributed by atoms with Gasteiger partial charge in [0.2, 0.25) is 5.82 Å². The van der Waals surface area contributed by atoms with E-state index in [-0.39, 0.29) is 13.2 Å². The van der Waals surface area contributed by atoms with Gasteiger partial charge in [-0.2, -0.15) is 4.39 Å². The lowest BCUT2D eigenvalue weighted by molar-refractivity contribution is -0.387. The van der Waals surface area contributed by atoms with Gasteiger partial charge in [0.1, 0.15) is 6.61 Å². The highest BCUT2D eigenvalue weighted by Crippen LogP contribution is 2.18. The number of nitro groups is 1. The first-order valence-electron chi connectivity index (χ1n) is 4.09. The van der Waals surface area contributed by atoms with Crippen LogP contribution in [-0.2, 0) is 11.3 Å². The molecule has 1 aromatic rings. The molecule has 0 fully saturated rings. The zero-order chi connectivity index (χ0) is 11.3. The predicted octanol–water partition coefficient (Wildman–Crippen LogP) is 1.88. The molecule has 0 aromatic heterocycles. The molecule has 15 heavy (non-hydrogen) atoms. The quantitative estimate of drug-likeness (QED) is 0.329. The number of ether oxygens (including phenoxy) is 1. The Hall–Kier alpha value is -1.93. The first-order chi connectivity index (χ1) is 7.15. The van der Waals surface area contributed by atoms with Crippen LogP contribution in [0.1, 0.15) is 5.56 Å². The Bertz CT molecular complexity index is 412. The molecule has 0 atom stereocenters. The minimum atomic E-state index is -0.873. The van der Waals surface area contributed by atoms with Crippen LogP contribution in [-0.4, -0.2) is 11.5 Å². The SMILES string of the molecule is C#CCOCc1ccc([N+](=O)[O-])c(F)c1. The van der Waals surface area contributed by atoms with E-state index in [0.29, 0.717) is 5.56 Å².